The Morgan fingerprint density at radius 1 is 1.27 bits per heavy atom. The molecule has 1 N–H and O–H groups in total. The third-order valence-corrected chi connectivity index (χ3v) is 3.32. The summed E-state index contributed by atoms with van der Waals surface area (Å²) in [6, 6.07) is 2.31. The zero-order valence-corrected chi connectivity index (χ0v) is 11.2. The summed E-state index contributed by atoms with van der Waals surface area (Å²) >= 11 is 1.85. The van der Waals surface area contributed by atoms with Crippen molar-refractivity contribution in [2.24, 2.45) is 11.8 Å². The van der Waals surface area contributed by atoms with E-state index in [0.717, 1.165) is 24.9 Å². The summed E-state index contributed by atoms with van der Waals surface area (Å²) in [6.45, 7) is 11.3. The van der Waals surface area contributed by atoms with Gasteiger partial charge < -0.3 is 5.32 Å². The lowest BCUT2D eigenvalue weighted by Gasteiger charge is -2.13. The quantitative estimate of drug-likeness (QED) is 0.781. The van der Waals surface area contributed by atoms with Crippen LogP contribution in [0.4, 0.5) is 0 Å². The van der Waals surface area contributed by atoms with Crippen molar-refractivity contribution in [1.82, 2.24) is 5.32 Å². The van der Waals surface area contributed by atoms with Crippen LogP contribution in [0.1, 0.15) is 31.2 Å². The van der Waals surface area contributed by atoms with Crippen LogP contribution in [-0.4, -0.2) is 13.1 Å². The summed E-state index contributed by atoms with van der Waals surface area (Å²) in [6.07, 6.45) is 1.20. The van der Waals surface area contributed by atoms with Crippen LogP contribution in [0, 0.1) is 18.8 Å². The van der Waals surface area contributed by atoms with Crippen molar-refractivity contribution in [3.8, 4) is 0 Å². The van der Waals surface area contributed by atoms with Crippen LogP contribution in [0.25, 0.3) is 0 Å². The number of nitrogens with one attached hydrogen (secondary N) is 1. The summed E-state index contributed by atoms with van der Waals surface area (Å²) in [5.74, 6) is 1.48. The van der Waals surface area contributed by atoms with Gasteiger partial charge >= 0.3 is 0 Å². The van der Waals surface area contributed by atoms with Crippen LogP contribution in [0.5, 0.6) is 0 Å². The van der Waals surface area contributed by atoms with Gasteiger partial charge in [0.2, 0.25) is 0 Å². The summed E-state index contributed by atoms with van der Waals surface area (Å²) < 4.78 is 0. The first-order valence-corrected chi connectivity index (χ1v) is 6.70. The molecule has 1 nitrogen and oxygen atoms in total. The number of aryl methyl sites for hydroxylation is 1. The normalized spacial score (nSPS) is 13.4. The first-order valence-electron chi connectivity index (χ1n) is 5.82. The number of thiophene rings is 1. The van der Waals surface area contributed by atoms with E-state index in [-0.39, 0.29) is 0 Å². The van der Waals surface area contributed by atoms with Gasteiger partial charge in [-0.3, -0.25) is 0 Å². The molecule has 0 bridgehead atoms. The van der Waals surface area contributed by atoms with Crippen LogP contribution in [0.3, 0.4) is 0 Å². The molecule has 0 aliphatic heterocycles. The summed E-state index contributed by atoms with van der Waals surface area (Å²) in [5, 5.41) is 5.80. The second-order valence-electron chi connectivity index (χ2n) is 4.93. The van der Waals surface area contributed by atoms with Gasteiger partial charge in [0.25, 0.3) is 0 Å². The van der Waals surface area contributed by atoms with E-state index in [1.807, 2.05) is 11.3 Å². The van der Waals surface area contributed by atoms with Gasteiger partial charge in [-0.15, -0.1) is 11.3 Å². The van der Waals surface area contributed by atoms with Gasteiger partial charge in [-0.2, -0.15) is 0 Å². The van der Waals surface area contributed by atoms with E-state index < -0.39 is 0 Å². The third-order valence-electron chi connectivity index (χ3n) is 2.41. The molecule has 0 aliphatic carbocycles. The fourth-order valence-corrected chi connectivity index (χ4v) is 2.42. The molecule has 2 heteroatoms. The molecule has 0 amide bonds. The lowest BCUT2D eigenvalue weighted by Crippen LogP contribution is -2.26. The molecule has 0 aromatic carbocycles. The average molecular weight is 225 g/mol. The molecule has 0 radical (unpaired) electrons. The van der Waals surface area contributed by atoms with Crippen LogP contribution in [0.15, 0.2) is 11.4 Å². The summed E-state index contributed by atoms with van der Waals surface area (Å²) in [7, 11) is 0. The van der Waals surface area contributed by atoms with E-state index >= 15 is 0 Å². The zero-order valence-electron chi connectivity index (χ0n) is 10.3. The maximum absolute atomic E-state index is 3.52. The van der Waals surface area contributed by atoms with E-state index in [2.05, 4.69) is 44.5 Å². The van der Waals surface area contributed by atoms with Gasteiger partial charge in [0, 0.05) is 4.88 Å². The molecule has 86 valence electrons. The summed E-state index contributed by atoms with van der Waals surface area (Å²) in [4.78, 5) is 1.42. The molecular weight excluding hydrogens is 202 g/mol. The number of rotatable bonds is 6. The highest BCUT2D eigenvalue weighted by Gasteiger charge is 2.05. The lowest BCUT2D eigenvalue weighted by molar-refractivity contribution is 0.474. The van der Waals surface area contributed by atoms with Gasteiger partial charge in [0.1, 0.15) is 0 Å². The van der Waals surface area contributed by atoms with Gasteiger partial charge in [-0.05, 0) is 55.3 Å². The highest BCUT2D eigenvalue weighted by molar-refractivity contribution is 7.10. The molecule has 0 aliphatic rings. The predicted octanol–water partition coefficient (Wildman–Crippen LogP) is 3.48. The smallest absolute Gasteiger partial charge is 0.00170 e. The van der Waals surface area contributed by atoms with E-state index in [1.54, 1.807) is 0 Å². The maximum atomic E-state index is 3.52. The van der Waals surface area contributed by atoms with Gasteiger partial charge in [0.15, 0.2) is 0 Å². The molecule has 0 saturated heterocycles. The van der Waals surface area contributed by atoms with E-state index in [9.17, 15) is 0 Å². The maximum Gasteiger partial charge on any atom is 0.00170 e. The van der Waals surface area contributed by atoms with E-state index in [4.69, 9.17) is 0 Å². The zero-order chi connectivity index (χ0) is 11.3. The van der Waals surface area contributed by atoms with Crippen molar-refractivity contribution in [3.63, 3.8) is 0 Å². The Kier molecular flexibility index (Phi) is 5.34. The van der Waals surface area contributed by atoms with Crippen molar-refractivity contribution in [1.29, 1.82) is 0 Å². The first-order chi connectivity index (χ1) is 7.08. The van der Waals surface area contributed by atoms with Gasteiger partial charge in [0.05, 0.1) is 0 Å². The lowest BCUT2D eigenvalue weighted by atomic mass is 10.0. The Morgan fingerprint density at radius 3 is 2.53 bits per heavy atom. The van der Waals surface area contributed by atoms with Gasteiger partial charge in [-0.1, -0.05) is 20.8 Å². The van der Waals surface area contributed by atoms with Crippen molar-refractivity contribution < 1.29 is 0 Å². The van der Waals surface area contributed by atoms with Crippen LogP contribution >= 0.6 is 11.3 Å². The summed E-state index contributed by atoms with van der Waals surface area (Å²) in [5.41, 5.74) is 1.50. The minimum Gasteiger partial charge on any atom is -0.316 e. The van der Waals surface area contributed by atoms with Crippen LogP contribution < -0.4 is 5.32 Å². The van der Waals surface area contributed by atoms with Crippen LogP contribution in [0.2, 0.25) is 0 Å². The molecule has 1 heterocycles. The molecular formula is C13H23NS. The molecule has 0 saturated carbocycles. The van der Waals surface area contributed by atoms with E-state index in [1.165, 1.54) is 16.9 Å². The van der Waals surface area contributed by atoms with Gasteiger partial charge in [-0.25, -0.2) is 0 Å². The average Bonchev–Trinajstić information content (AvgIpc) is 2.50. The fourth-order valence-electron chi connectivity index (χ4n) is 1.70. The van der Waals surface area contributed by atoms with E-state index in [0.29, 0.717) is 0 Å². The second-order valence-corrected chi connectivity index (χ2v) is 6.04. The minimum absolute atomic E-state index is 0.734. The predicted molar refractivity (Wildman–Crippen MR) is 69.6 cm³/mol. The Labute approximate surface area is 97.9 Å². The molecule has 0 fully saturated rings. The standard InChI is InChI=1S/C13H23NS/c1-10(2)7-14-8-11(3)5-13-6-12(4)15-9-13/h6,9-11,14H,5,7-8H2,1-4H3. The van der Waals surface area contributed by atoms with Crippen molar-refractivity contribution >= 4 is 11.3 Å². The van der Waals surface area contributed by atoms with Crippen molar-refractivity contribution in [2.75, 3.05) is 13.1 Å². The molecule has 0 spiro atoms. The van der Waals surface area contributed by atoms with Crippen molar-refractivity contribution in [3.05, 3.63) is 21.9 Å². The Morgan fingerprint density at radius 2 is 2.00 bits per heavy atom. The molecule has 1 atom stereocenters. The topological polar surface area (TPSA) is 12.0 Å². The Bertz CT molecular complexity index is 278. The molecule has 1 aromatic rings. The largest absolute Gasteiger partial charge is 0.316 e. The number of hydrogen-bond donors (Lipinski definition) is 1. The first kappa shape index (κ1) is 12.7. The highest BCUT2D eigenvalue weighted by atomic mass is 32.1. The Balaban J connectivity index is 2.21. The fraction of sp³-hybridized carbons (Fsp3) is 0.692. The highest BCUT2D eigenvalue weighted by Crippen LogP contribution is 2.16. The SMILES string of the molecule is Cc1cc(CC(C)CNCC(C)C)cs1. The van der Waals surface area contributed by atoms with Crippen molar-refractivity contribution in [2.45, 2.75) is 34.1 Å². The monoisotopic (exact) mass is 225 g/mol. The molecule has 15 heavy (non-hydrogen) atoms. The molecule has 1 aromatic heterocycles. The molecule has 1 unspecified atom stereocenters. The second kappa shape index (κ2) is 6.29. The molecule has 1 rings (SSSR count). The van der Waals surface area contributed by atoms with Crippen LogP contribution in [-0.2, 0) is 6.42 Å². The Hall–Kier alpha value is -0.340. The number of hydrogen-bond acceptors (Lipinski definition) is 2. The third kappa shape index (κ3) is 5.33. The minimum atomic E-state index is 0.734.